The van der Waals surface area contributed by atoms with Gasteiger partial charge in [-0.05, 0) is 12.0 Å². The monoisotopic (exact) mass is 507 g/mol. The van der Waals surface area contributed by atoms with E-state index >= 15 is 0 Å². The van der Waals surface area contributed by atoms with Crippen molar-refractivity contribution in [2.24, 2.45) is 17.5 Å². The van der Waals surface area contributed by atoms with Crippen LogP contribution in [0.3, 0.4) is 0 Å². The van der Waals surface area contributed by atoms with Crippen molar-refractivity contribution in [3.05, 3.63) is 33.9 Å². The lowest BCUT2D eigenvalue weighted by atomic mass is 9.97. The van der Waals surface area contributed by atoms with Crippen molar-refractivity contribution < 1.29 is 33.6 Å². The Bertz CT molecular complexity index is 1050. The smallest absolute Gasteiger partial charge is 0.270 e. The Kier molecular flexibility index (Phi) is 9.66. The zero-order chi connectivity index (χ0) is 27.0. The summed E-state index contributed by atoms with van der Waals surface area (Å²) in [4.78, 5) is 73.5. The van der Waals surface area contributed by atoms with Crippen molar-refractivity contribution >= 4 is 35.2 Å². The average molecular weight is 508 g/mol. The highest BCUT2D eigenvalue weighted by molar-refractivity contribution is 6.01. The number of nitro benzene ring substituents is 1. The van der Waals surface area contributed by atoms with Crippen LogP contribution >= 0.6 is 0 Å². The zero-order valence-corrected chi connectivity index (χ0v) is 19.7. The summed E-state index contributed by atoms with van der Waals surface area (Å²) < 4.78 is 5.61. The van der Waals surface area contributed by atoms with Crippen LogP contribution in [0.5, 0.6) is 5.75 Å². The highest BCUT2D eigenvalue weighted by Gasteiger charge is 2.33. The van der Waals surface area contributed by atoms with E-state index in [-0.39, 0.29) is 30.0 Å². The van der Waals surface area contributed by atoms with Gasteiger partial charge in [0, 0.05) is 18.6 Å². The Balaban J connectivity index is 2.56. The summed E-state index contributed by atoms with van der Waals surface area (Å²) in [7, 11) is 0. The Morgan fingerprint density at radius 1 is 1.22 bits per heavy atom. The molecule has 36 heavy (non-hydrogen) atoms. The maximum Gasteiger partial charge on any atom is 0.270 e. The lowest BCUT2D eigenvalue weighted by Gasteiger charge is -2.28. The highest BCUT2D eigenvalue weighted by atomic mass is 16.6. The second kappa shape index (κ2) is 12.4. The zero-order valence-electron chi connectivity index (χ0n) is 19.7. The van der Waals surface area contributed by atoms with Crippen LogP contribution in [-0.4, -0.2) is 59.2 Å². The molecule has 15 heteroatoms. The molecule has 0 fully saturated rings. The van der Waals surface area contributed by atoms with Crippen molar-refractivity contribution in [2.75, 3.05) is 6.61 Å². The molecule has 0 saturated carbocycles. The predicted molar refractivity (Wildman–Crippen MR) is 124 cm³/mol. The molecule has 0 saturated heterocycles. The molecule has 0 aliphatic carbocycles. The van der Waals surface area contributed by atoms with E-state index in [2.05, 4.69) is 16.0 Å². The van der Waals surface area contributed by atoms with Gasteiger partial charge < -0.3 is 26.4 Å². The number of nitrogens with two attached hydrogens (primary N) is 2. The summed E-state index contributed by atoms with van der Waals surface area (Å²) in [6, 6.07) is -0.527. The topological polar surface area (TPSA) is 238 Å². The van der Waals surface area contributed by atoms with E-state index in [1.807, 2.05) is 5.43 Å². The minimum atomic E-state index is -1.45. The maximum absolute atomic E-state index is 13.1. The molecule has 2 rings (SSSR count). The van der Waals surface area contributed by atoms with Crippen molar-refractivity contribution in [3.63, 3.8) is 0 Å². The third-order valence-electron chi connectivity index (χ3n) is 5.68. The highest BCUT2D eigenvalue weighted by Crippen LogP contribution is 2.25. The Hall–Kier alpha value is -4.27. The van der Waals surface area contributed by atoms with Gasteiger partial charge in [-0.15, -0.1) is 0 Å². The van der Waals surface area contributed by atoms with Gasteiger partial charge in [-0.2, -0.15) is 0 Å². The predicted octanol–water partition coefficient (Wildman–Crippen LogP) is -1.64. The summed E-state index contributed by atoms with van der Waals surface area (Å²) in [5, 5.41) is 18.6. The fraction of sp³-hybridized carbons (Fsp3) is 0.476. The first-order chi connectivity index (χ1) is 17.0. The molecular weight excluding hydrogens is 478 g/mol. The van der Waals surface area contributed by atoms with E-state index in [4.69, 9.17) is 16.3 Å². The van der Waals surface area contributed by atoms with Crippen molar-refractivity contribution in [1.29, 1.82) is 0 Å². The second-order valence-corrected chi connectivity index (χ2v) is 8.21. The number of non-ortho nitro benzene ring substituents is 1. The van der Waals surface area contributed by atoms with Gasteiger partial charge in [0.25, 0.3) is 17.5 Å². The molecule has 5 amide bonds. The summed E-state index contributed by atoms with van der Waals surface area (Å²) in [5.74, 6) is 0.515. The number of benzene rings is 1. The number of carbonyl (C=O) groups excluding carboxylic acids is 5. The summed E-state index contributed by atoms with van der Waals surface area (Å²) in [6.45, 7) is 3.22. The fourth-order valence-electron chi connectivity index (χ4n) is 3.46. The average Bonchev–Trinajstić information content (AvgIpc) is 2.84. The number of carbonyl (C=O) groups is 5. The SMILES string of the molecule is CCC(C)[C@@H]1NC(=O)c2cc([N+](=O)[O-])ccc2OCCC(C(=O)NN)NC(=O)C(CC(N)=O)NC1=O. The molecule has 0 spiro atoms. The first-order valence-corrected chi connectivity index (χ1v) is 11.1. The van der Waals surface area contributed by atoms with E-state index < -0.39 is 64.9 Å². The Morgan fingerprint density at radius 2 is 1.92 bits per heavy atom. The summed E-state index contributed by atoms with van der Waals surface area (Å²) in [5.41, 5.74) is 6.55. The Labute approximate surface area is 205 Å². The van der Waals surface area contributed by atoms with E-state index in [1.54, 1.807) is 13.8 Å². The number of hydrogen-bond acceptors (Lipinski definition) is 9. The second-order valence-electron chi connectivity index (χ2n) is 8.21. The van der Waals surface area contributed by atoms with E-state index in [0.717, 1.165) is 12.1 Å². The maximum atomic E-state index is 13.1. The molecule has 1 aliphatic rings. The van der Waals surface area contributed by atoms with Gasteiger partial charge in [0.05, 0.1) is 23.5 Å². The van der Waals surface area contributed by atoms with Crippen LogP contribution in [-0.2, 0) is 19.2 Å². The van der Waals surface area contributed by atoms with Gasteiger partial charge in [0.2, 0.25) is 17.7 Å². The number of nitrogens with one attached hydrogen (secondary N) is 4. The number of fused-ring (bicyclic) bond motifs is 1. The third kappa shape index (κ3) is 7.11. The molecule has 1 heterocycles. The van der Waals surface area contributed by atoms with E-state index in [0.29, 0.717) is 6.42 Å². The van der Waals surface area contributed by atoms with E-state index in [1.165, 1.54) is 6.07 Å². The lowest BCUT2D eigenvalue weighted by molar-refractivity contribution is -0.384. The van der Waals surface area contributed by atoms with E-state index in [9.17, 15) is 34.1 Å². The van der Waals surface area contributed by atoms with Gasteiger partial charge in [0.15, 0.2) is 0 Å². The molecule has 15 nitrogen and oxygen atoms in total. The van der Waals surface area contributed by atoms with Crippen molar-refractivity contribution in [1.82, 2.24) is 21.4 Å². The number of nitrogens with zero attached hydrogens (tertiary/aromatic N) is 1. The van der Waals surface area contributed by atoms with Gasteiger partial charge in [-0.25, -0.2) is 5.84 Å². The number of hydrazine groups is 1. The van der Waals surface area contributed by atoms with Crippen molar-refractivity contribution in [3.8, 4) is 5.75 Å². The van der Waals surface area contributed by atoms with Crippen LogP contribution in [0.1, 0.15) is 43.5 Å². The molecule has 1 aromatic rings. The number of ether oxygens (including phenoxy) is 1. The van der Waals surface area contributed by atoms with Crippen LogP contribution in [0.25, 0.3) is 0 Å². The molecule has 3 unspecified atom stereocenters. The normalized spacial score (nSPS) is 21.9. The molecule has 1 aromatic carbocycles. The minimum absolute atomic E-state index is 0.0386. The van der Waals surface area contributed by atoms with Crippen molar-refractivity contribution in [2.45, 2.75) is 51.2 Å². The van der Waals surface area contributed by atoms with Gasteiger partial charge >= 0.3 is 0 Å². The first kappa shape index (κ1) is 28.0. The molecule has 0 aromatic heterocycles. The third-order valence-corrected chi connectivity index (χ3v) is 5.68. The Morgan fingerprint density at radius 3 is 2.50 bits per heavy atom. The van der Waals surface area contributed by atoms with Crippen LogP contribution in [0, 0.1) is 16.0 Å². The number of amides is 5. The summed E-state index contributed by atoms with van der Waals surface area (Å²) in [6.07, 6.45) is -0.289. The van der Waals surface area contributed by atoms with Gasteiger partial charge in [-0.3, -0.25) is 39.5 Å². The lowest BCUT2D eigenvalue weighted by Crippen LogP contribution is -2.59. The molecule has 196 valence electrons. The number of nitro groups is 1. The molecule has 1 aliphatic heterocycles. The van der Waals surface area contributed by atoms with Crippen LogP contribution in [0.15, 0.2) is 18.2 Å². The van der Waals surface area contributed by atoms with Gasteiger partial charge in [0.1, 0.15) is 23.9 Å². The molecule has 8 N–H and O–H groups in total. The van der Waals surface area contributed by atoms with Crippen LogP contribution in [0.4, 0.5) is 5.69 Å². The van der Waals surface area contributed by atoms with Crippen LogP contribution < -0.4 is 37.7 Å². The molecule has 0 bridgehead atoms. The fourth-order valence-corrected chi connectivity index (χ4v) is 3.46. The number of rotatable bonds is 6. The first-order valence-electron chi connectivity index (χ1n) is 11.1. The molecular formula is C21H29N7O8. The summed E-state index contributed by atoms with van der Waals surface area (Å²) >= 11 is 0. The molecule has 0 radical (unpaired) electrons. The van der Waals surface area contributed by atoms with Gasteiger partial charge in [-0.1, -0.05) is 20.3 Å². The number of hydrogen-bond donors (Lipinski definition) is 6. The van der Waals surface area contributed by atoms with Crippen LogP contribution in [0.2, 0.25) is 0 Å². The standard InChI is InChI=1S/C21H29N7O8/c1-3-10(2)17-21(33)25-14(9-16(22)29)19(31)24-13(20(32)27-23)6-7-36-15-5-4-11(28(34)35)8-12(15)18(30)26-17/h4-5,8,10,13-14,17H,3,6-7,9,23H2,1-2H3,(H2,22,29)(H,24,31)(H,25,33)(H,26,30)(H,27,32)/t10?,13?,14?,17-/m0/s1. The minimum Gasteiger partial charge on any atom is -0.493 e. The largest absolute Gasteiger partial charge is 0.493 e. The number of primary amides is 1. The quantitative estimate of drug-likeness (QED) is 0.112. The molecule has 4 atom stereocenters.